The van der Waals surface area contributed by atoms with Crippen LogP contribution in [0.15, 0.2) is 42.7 Å². The van der Waals surface area contributed by atoms with Crippen molar-refractivity contribution in [1.82, 2.24) is 14.7 Å². The van der Waals surface area contributed by atoms with Gasteiger partial charge in [0, 0.05) is 24.5 Å². The normalized spacial score (nSPS) is 10.3. The Morgan fingerprint density at radius 3 is 2.52 bits per heavy atom. The van der Waals surface area contributed by atoms with Gasteiger partial charge in [0.15, 0.2) is 0 Å². The molecule has 1 aromatic carbocycles. The number of ether oxygens (including phenoxy) is 1. The first-order valence-corrected chi connectivity index (χ1v) is 7.70. The summed E-state index contributed by atoms with van der Waals surface area (Å²) >= 11 is 0. The summed E-state index contributed by atoms with van der Waals surface area (Å²) in [6.07, 6.45) is 4.30. The second-order valence-electron chi connectivity index (χ2n) is 5.03. The number of amides is 1. The third kappa shape index (κ3) is 4.42. The molecule has 122 valence electrons. The van der Waals surface area contributed by atoms with Crippen LogP contribution in [0.25, 0.3) is 5.69 Å². The highest BCUT2D eigenvalue weighted by atomic mass is 16.5. The zero-order valence-corrected chi connectivity index (χ0v) is 13.4. The smallest absolute Gasteiger partial charge is 0.325 e. The molecule has 0 saturated carbocycles. The highest BCUT2D eigenvalue weighted by Crippen LogP contribution is 2.11. The molecule has 0 saturated heterocycles. The van der Waals surface area contributed by atoms with Crippen molar-refractivity contribution in [2.24, 2.45) is 0 Å². The average molecular weight is 315 g/mol. The number of hydrogen-bond acceptors (Lipinski definition) is 4. The summed E-state index contributed by atoms with van der Waals surface area (Å²) in [6, 6.07) is 8.98. The fraction of sp³-hybridized carbons (Fsp3) is 0.353. The molecule has 2 rings (SSSR count). The Kier molecular flexibility index (Phi) is 5.91. The van der Waals surface area contributed by atoms with Crippen LogP contribution in [-0.4, -0.2) is 46.3 Å². The predicted octanol–water partition coefficient (Wildman–Crippen LogP) is 2.29. The van der Waals surface area contributed by atoms with Gasteiger partial charge in [-0.2, -0.15) is 5.10 Å². The quantitative estimate of drug-likeness (QED) is 0.735. The van der Waals surface area contributed by atoms with E-state index < -0.39 is 0 Å². The van der Waals surface area contributed by atoms with Gasteiger partial charge in [0.25, 0.3) is 5.91 Å². The van der Waals surface area contributed by atoms with Crippen molar-refractivity contribution >= 4 is 11.9 Å². The number of carbonyl (C=O) groups excluding carboxylic acids is 2. The number of nitrogens with zero attached hydrogens (tertiary/aromatic N) is 3. The van der Waals surface area contributed by atoms with Crippen LogP contribution in [0.3, 0.4) is 0 Å². The third-order valence-electron chi connectivity index (χ3n) is 3.29. The maximum Gasteiger partial charge on any atom is 0.325 e. The lowest BCUT2D eigenvalue weighted by Gasteiger charge is -2.21. The van der Waals surface area contributed by atoms with Crippen molar-refractivity contribution in [3.05, 3.63) is 48.3 Å². The molecule has 0 aliphatic rings. The molecule has 1 amide bonds. The Morgan fingerprint density at radius 1 is 1.22 bits per heavy atom. The van der Waals surface area contributed by atoms with Gasteiger partial charge in [-0.1, -0.05) is 6.92 Å². The van der Waals surface area contributed by atoms with Crippen molar-refractivity contribution < 1.29 is 14.3 Å². The lowest BCUT2D eigenvalue weighted by atomic mass is 10.1. The van der Waals surface area contributed by atoms with Crippen LogP contribution in [0, 0.1) is 0 Å². The van der Waals surface area contributed by atoms with Crippen LogP contribution in [-0.2, 0) is 9.53 Å². The lowest BCUT2D eigenvalue weighted by molar-refractivity contribution is -0.143. The zero-order chi connectivity index (χ0) is 16.7. The Labute approximate surface area is 135 Å². The van der Waals surface area contributed by atoms with Crippen molar-refractivity contribution in [3.8, 4) is 5.69 Å². The first-order chi connectivity index (χ1) is 11.2. The topological polar surface area (TPSA) is 64.4 Å². The minimum absolute atomic E-state index is 0.0264. The van der Waals surface area contributed by atoms with E-state index in [-0.39, 0.29) is 18.4 Å². The molecular formula is C17H21N3O3. The Balaban J connectivity index is 2.11. The highest BCUT2D eigenvalue weighted by Gasteiger charge is 2.18. The molecule has 0 bridgehead atoms. The lowest BCUT2D eigenvalue weighted by Crippen LogP contribution is -2.37. The minimum atomic E-state index is -0.387. The first-order valence-electron chi connectivity index (χ1n) is 7.70. The summed E-state index contributed by atoms with van der Waals surface area (Å²) in [4.78, 5) is 25.7. The summed E-state index contributed by atoms with van der Waals surface area (Å²) in [5.74, 6) is -0.561. The summed E-state index contributed by atoms with van der Waals surface area (Å²) in [7, 11) is 0. The molecule has 23 heavy (non-hydrogen) atoms. The number of carbonyl (C=O) groups is 2. The van der Waals surface area contributed by atoms with Gasteiger partial charge in [-0.25, -0.2) is 4.68 Å². The van der Waals surface area contributed by atoms with Crippen molar-refractivity contribution in [2.45, 2.75) is 20.3 Å². The molecule has 6 heteroatoms. The van der Waals surface area contributed by atoms with Crippen molar-refractivity contribution in [2.75, 3.05) is 19.7 Å². The van der Waals surface area contributed by atoms with Gasteiger partial charge < -0.3 is 9.64 Å². The largest absolute Gasteiger partial charge is 0.465 e. The Morgan fingerprint density at radius 2 is 1.96 bits per heavy atom. The maximum atomic E-state index is 12.6. The van der Waals surface area contributed by atoms with E-state index in [1.165, 1.54) is 4.90 Å². The van der Waals surface area contributed by atoms with E-state index in [0.717, 1.165) is 12.1 Å². The molecule has 0 N–H and O–H groups in total. The van der Waals surface area contributed by atoms with E-state index in [0.29, 0.717) is 18.7 Å². The maximum absolute atomic E-state index is 12.6. The van der Waals surface area contributed by atoms with E-state index in [9.17, 15) is 9.59 Å². The molecule has 1 heterocycles. The van der Waals surface area contributed by atoms with E-state index >= 15 is 0 Å². The number of rotatable bonds is 7. The Bertz CT molecular complexity index is 636. The molecule has 0 spiro atoms. The van der Waals surface area contributed by atoms with Gasteiger partial charge in [0.1, 0.15) is 6.54 Å². The summed E-state index contributed by atoms with van der Waals surface area (Å²) in [5.41, 5.74) is 1.41. The molecular weight excluding hydrogens is 294 g/mol. The van der Waals surface area contributed by atoms with E-state index in [1.807, 2.05) is 31.3 Å². The zero-order valence-electron chi connectivity index (χ0n) is 13.4. The fourth-order valence-electron chi connectivity index (χ4n) is 2.25. The van der Waals surface area contributed by atoms with Gasteiger partial charge in [0.2, 0.25) is 0 Å². The SMILES string of the molecule is CCCN(CC(=O)OCC)C(=O)c1ccc(-n2cccn2)cc1. The fourth-order valence-corrected chi connectivity index (χ4v) is 2.25. The van der Waals surface area contributed by atoms with Crippen LogP contribution < -0.4 is 0 Å². The van der Waals surface area contributed by atoms with E-state index in [2.05, 4.69) is 5.10 Å². The first kappa shape index (κ1) is 16.7. The number of esters is 1. The molecule has 0 atom stereocenters. The van der Waals surface area contributed by atoms with E-state index in [4.69, 9.17) is 4.74 Å². The summed E-state index contributed by atoms with van der Waals surface area (Å²) in [5, 5.41) is 4.15. The second kappa shape index (κ2) is 8.12. The number of hydrogen-bond donors (Lipinski definition) is 0. The number of aromatic nitrogens is 2. The molecule has 0 fully saturated rings. The Hall–Kier alpha value is -2.63. The van der Waals surface area contributed by atoms with Crippen LogP contribution >= 0.6 is 0 Å². The average Bonchev–Trinajstić information content (AvgIpc) is 3.09. The standard InChI is InChI=1S/C17H21N3O3/c1-3-11-19(13-16(21)23-4-2)17(22)14-6-8-15(9-7-14)20-12-5-10-18-20/h5-10,12H,3-4,11,13H2,1-2H3. The van der Waals surface area contributed by atoms with Crippen molar-refractivity contribution in [3.63, 3.8) is 0 Å². The molecule has 0 aliphatic heterocycles. The van der Waals surface area contributed by atoms with Crippen LogP contribution in [0.2, 0.25) is 0 Å². The van der Waals surface area contributed by atoms with Crippen molar-refractivity contribution in [1.29, 1.82) is 0 Å². The van der Waals surface area contributed by atoms with Gasteiger partial charge in [-0.15, -0.1) is 0 Å². The molecule has 6 nitrogen and oxygen atoms in total. The molecule has 0 aliphatic carbocycles. The molecule has 0 radical (unpaired) electrons. The van der Waals surface area contributed by atoms with Crippen LogP contribution in [0.5, 0.6) is 0 Å². The molecule has 2 aromatic rings. The second-order valence-corrected chi connectivity index (χ2v) is 5.03. The van der Waals surface area contributed by atoms with Crippen LogP contribution in [0.4, 0.5) is 0 Å². The third-order valence-corrected chi connectivity index (χ3v) is 3.29. The van der Waals surface area contributed by atoms with Gasteiger partial charge in [-0.05, 0) is 43.7 Å². The highest BCUT2D eigenvalue weighted by molar-refractivity contribution is 5.96. The van der Waals surface area contributed by atoms with E-state index in [1.54, 1.807) is 29.9 Å². The summed E-state index contributed by atoms with van der Waals surface area (Å²) < 4.78 is 6.65. The predicted molar refractivity (Wildman–Crippen MR) is 86.4 cm³/mol. The molecule has 0 unspecified atom stereocenters. The van der Waals surface area contributed by atoms with Gasteiger partial charge >= 0.3 is 5.97 Å². The van der Waals surface area contributed by atoms with Gasteiger partial charge in [0.05, 0.1) is 12.3 Å². The monoisotopic (exact) mass is 315 g/mol. The number of benzene rings is 1. The summed E-state index contributed by atoms with van der Waals surface area (Å²) in [6.45, 7) is 4.51. The van der Waals surface area contributed by atoms with Gasteiger partial charge in [-0.3, -0.25) is 9.59 Å². The van der Waals surface area contributed by atoms with Crippen LogP contribution in [0.1, 0.15) is 30.6 Å². The molecule has 1 aromatic heterocycles. The minimum Gasteiger partial charge on any atom is -0.465 e.